The van der Waals surface area contributed by atoms with E-state index in [9.17, 15) is 9.59 Å². The van der Waals surface area contributed by atoms with E-state index in [4.69, 9.17) is 46.4 Å². The Hall–Kier alpha value is -2.24. The Kier molecular flexibility index (Phi) is 7.62. The van der Waals surface area contributed by atoms with Crippen LogP contribution in [0.3, 0.4) is 0 Å². The molecule has 0 saturated heterocycles. The van der Waals surface area contributed by atoms with Gasteiger partial charge in [-0.25, -0.2) is 0 Å². The molecule has 2 amide bonds. The predicted molar refractivity (Wildman–Crippen MR) is 122 cm³/mol. The van der Waals surface area contributed by atoms with Crippen molar-refractivity contribution in [1.29, 1.82) is 0 Å². The van der Waals surface area contributed by atoms with Crippen molar-refractivity contribution in [3.8, 4) is 0 Å². The largest absolute Gasteiger partial charge is 0.348 e. The summed E-state index contributed by atoms with van der Waals surface area (Å²) in [6, 6.07) is 17.2. The predicted octanol–water partition coefficient (Wildman–Crippen LogP) is 6.16. The van der Waals surface area contributed by atoms with Crippen LogP contribution in [0.25, 0.3) is 0 Å². The number of hydrogen-bond donors (Lipinski definition) is 2. The van der Waals surface area contributed by atoms with E-state index < -0.39 is 0 Å². The van der Waals surface area contributed by atoms with Crippen LogP contribution in [0.2, 0.25) is 20.1 Å². The average Bonchev–Trinajstić information content (AvgIpc) is 2.71. The number of rotatable bonds is 6. The first-order valence-electron chi connectivity index (χ1n) is 8.89. The van der Waals surface area contributed by atoms with Gasteiger partial charge in [-0.3, -0.25) is 9.59 Å². The molecule has 0 aliphatic carbocycles. The summed E-state index contributed by atoms with van der Waals surface area (Å²) in [7, 11) is 0. The van der Waals surface area contributed by atoms with E-state index in [2.05, 4.69) is 10.6 Å². The van der Waals surface area contributed by atoms with Crippen molar-refractivity contribution in [2.45, 2.75) is 13.1 Å². The van der Waals surface area contributed by atoms with Crippen LogP contribution in [0.1, 0.15) is 31.8 Å². The lowest BCUT2D eigenvalue weighted by Gasteiger charge is -2.11. The van der Waals surface area contributed by atoms with Gasteiger partial charge in [0.25, 0.3) is 11.8 Å². The summed E-state index contributed by atoms with van der Waals surface area (Å²) in [5.41, 5.74) is 2.19. The zero-order chi connectivity index (χ0) is 21.7. The van der Waals surface area contributed by atoms with Crippen molar-refractivity contribution >= 4 is 58.2 Å². The molecule has 3 rings (SSSR count). The van der Waals surface area contributed by atoms with Gasteiger partial charge in [0.15, 0.2) is 0 Å². The third kappa shape index (κ3) is 5.46. The summed E-state index contributed by atoms with van der Waals surface area (Å²) >= 11 is 24.3. The first-order chi connectivity index (χ1) is 14.4. The van der Waals surface area contributed by atoms with Crippen LogP contribution in [-0.4, -0.2) is 11.8 Å². The van der Waals surface area contributed by atoms with Crippen molar-refractivity contribution < 1.29 is 9.59 Å². The minimum Gasteiger partial charge on any atom is -0.348 e. The molecule has 0 atom stereocenters. The highest BCUT2D eigenvalue weighted by molar-refractivity contribution is 6.40. The molecule has 3 aromatic carbocycles. The van der Waals surface area contributed by atoms with E-state index in [1.54, 1.807) is 36.4 Å². The number of carbonyl (C=O) groups excluding carboxylic acids is 2. The van der Waals surface area contributed by atoms with Crippen molar-refractivity contribution in [3.05, 3.63) is 103 Å². The van der Waals surface area contributed by atoms with E-state index >= 15 is 0 Å². The molecule has 0 aromatic heterocycles. The van der Waals surface area contributed by atoms with Gasteiger partial charge in [0.1, 0.15) is 0 Å². The molecule has 2 N–H and O–H groups in total. The lowest BCUT2D eigenvalue weighted by molar-refractivity contribution is 0.0943. The third-order valence-electron chi connectivity index (χ3n) is 4.28. The zero-order valence-electron chi connectivity index (χ0n) is 15.5. The highest BCUT2D eigenvalue weighted by atomic mass is 35.5. The second-order valence-electron chi connectivity index (χ2n) is 6.38. The number of halogens is 4. The fraction of sp³-hybridized carbons (Fsp3) is 0.0909. The standard InChI is InChI=1S/C22H16Cl4N2O2/c23-15-6-2-7-16(24)19(15)21(29)27-11-13-4-1-5-14(10-13)12-28-22(30)20-17(25)8-3-9-18(20)26/h1-10H,11-12H2,(H,27,29)(H,28,30). The maximum Gasteiger partial charge on any atom is 0.254 e. The average molecular weight is 482 g/mol. The first-order valence-corrected chi connectivity index (χ1v) is 10.4. The molecular formula is C22H16Cl4N2O2. The smallest absolute Gasteiger partial charge is 0.254 e. The van der Waals surface area contributed by atoms with Crippen LogP contribution in [-0.2, 0) is 13.1 Å². The quantitative estimate of drug-likeness (QED) is 0.442. The molecule has 0 aliphatic rings. The van der Waals surface area contributed by atoms with Gasteiger partial charge in [0.2, 0.25) is 0 Å². The van der Waals surface area contributed by atoms with Crippen LogP contribution in [0, 0.1) is 0 Å². The number of benzene rings is 3. The number of nitrogens with one attached hydrogen (secondary N) is 2. The van der Waals surface area contributed by atoms with Crippen molar-refractivity contribution in [3.63, 3.8) is 0 Å². The maximum atomic E-state index is 12.4. The van der Waals surface area contributed by atoms with Crippen LogP contribution in [0.5, 0.6) is 0 Å². The highest BCUT2D eigenvalue weighted by Crippen LogP contribution is 2.25. The van der Waals surface area contributed by atoms with Crippen molar-refractivity contribution in [2.24, 2.45) is 0 Å². The summed E-state index contributed by atoms with van der Waals surface area (Å²) in [6.07, 6.45) is 0. The van der Waals surface area contributed by atoms with E-state index in [1.807, 2.05) is 24.3 Å². The molecule has 0 fully saturated rings. The lowest BCUT2D eigenvalue weighted by atomic mass is 10.1. The van der Waals surface area contributed by atoms with Crippen LogP contribution in [0.4, 0.5) is 0 Å². The monoisotopic (exact) mass is 480 g/mol. The van der Waals surface area contributed by atoms with Gasteiger partial charge in [-0.15, -0.1) is 0 Å². The van der Waals surface area contributed by atoms with Crippen LogP contribution >= 0.6 is 46.4 Å². The van der Waals surface area contributed by atoms with Gasteiger partial charge in [0.05, 0.1) is 31.2 Å². The fourth-order valence-electron chi connectivity index (χ4n) is 2.82. The first kappa shape index (κ1) is 22.4. The van der Waals surface area contributed by atoms with Crippen LogP contribution < -0.4 is 10.6 Å². The highest BCUT2D eigenvalue weighted by Gasteiger charge is 2.15. The third-order valence-corrected chi connectivity index (χ3v) is 5.54. The van der Waals surface area contributed by atoms with Gasteiger partial charge >= 0.3 is 0 Å². The van der Waals surface area contributed by atoms with Gasteiger partial charge < -0.3 is 10.6 Å². The molecule has 0 spiro atoms. The minimum atomic E-state index is -0.363. The normalized spacial score (nSPS) is 10.5. The SMILES string of the molecule is O=C(NCc1cccc(CNC(=O)c2c(Cl)cccc2Cl)c1)c1c(Cl)cccc1Cl. The van der Waals surface area contributed by atoms with Gasteiger partial charge in [0, 0.05) is 13.1 Å². The lowest BCUT2D eigenvalue weighted by Crippen LogP contribution is -2.24. The van der Waals surface area contributed by atoms with E-state index in [0.717, 1.165) is 11.1 Å². The zero-order valence-corrected chi connectivity index (χ0v) is 18.5. The molecule has 3 aromatic rings. The minimum absolute atomic E-state index is 0.237. The Balaban J connectivity index is 1.62. The maximum absolute atomic E-state index is 12.4. The Morgan fingerprint density at radius 1 is 0.600 bits per heavy atom. The summed E-state index contributed by atoms with van der Waals surface area (Å²) in [6.45, 7) is 0.553. The van der Waals surface area contributed by atoms with Crippen LogP contribution in [0.15, 0.2) is 60.7 Å². The van der Waals surface area contributed by atoms with E-state index in [-0.39, 0.29) is 56.1 Å². The Morgan fingerprint density at radius 3 is 1.30 bits per heavy atom. The van der Waals surface area contributed by atoms with Gasteiger partial charge in [-0.1, -0.05) is 82.8 Å². The molecule has 0 unspecified atom stereocenters. The summed E-state index contributed by atoms with van der Waals surface area (Å²) < 4.78 is 0. The number of carbonyl (C=O) groups is 2. The van der Waals surface area contributed by atoms with Gasteiger partial charge in [-0.2, -0.15) is 0 Å². The molecule has 30 heavy (non-hydrogen) atoms. The molecule has 0 radical (unpaired) electrons. The molecule has 0 heterocycles. The Morgan fingerprint density at radius 2 is 0.933 bits per heavy atom. The molecule has 0 aliphatic heterocycles. The molecular weight excluding hydrogens is 466 g/mol. The number of amides is 2. The fourth-order valence-corrected chi connectivity index (χ4v) is 3.96. The van der Waals surface area contributed by atoms with Crippen molar-refractivity contribution in [2.75, 3.05) is 0 Å². The van der Waals surface area contributed by atoms with E-state index in [1.165, 1.54) is 0 Å². The Labute approximate surface area is 194 Å². The molecule has 0 saturated carbocycles. The van der Waals surface area contributed by atoms with E-state index in [0.29, 0.717) is 0 Å². The molecule has 8 heteroatoms. The second kappa shape index (κ2) is 10.2. The van der Waals surface area contributed by atoms with Gasteiger partial charge in [-0.05, 0) is 35.4 Å². The topological polar surface area (TPSA) is 58.2 Å². The van der Waals surface area contributed by atoms with Crippen molar-refractivity contribution in [1.82, 2.24) is 10.6 Å². The molecule has 0 bridgehead atoms. The Bertz CT molecular complexity index is 979. The molecule has 4 nitrogen and oxygen atoms in total. The second-order valence-corrected chi connectivity index (χ2v) is 8.01. The number of hydrogen-bond acceptors (Lipinski definition) is 2. The summed E-state index contributed by atoms with van der Waals surface area (Å²) in [5.74, 6) is -0.727. The summed E-state index contributed by atoms with van der Waals surface area (Å²) in [5, 5.41) is 6.75. The summed E-state index contributed by atoms with van der Waals surface area (Å²) in [4.78, 5) is 24.8. The molecule has 154 valence electrons.